The highest BCUT2D eigenvalue weighted by molar-refractivity contribution is 7.87. The van der Waals surface area contributed by atoms with Crippen LogP contribution in [0.3, 0.4) is 0 Å². The van der Waals surface area contributed by atoms with Gasteiger partial charge in [-0.15, -0.1) is 0 Å². The minimum atomic E-state index is -4.12. The number of hydrogen-bond acceptors (Lipinski definition) is 5. The highest BCUT2D eigenvalue weighted by atomic mass is 35.5. The van der Waals surface area contributed by atoms with Crippen molar-refractivity contribution in [2.75, 3.05) is 20.2 Å². The molecular weight excluding hydrogens is 402 g/mol. The number of nitrogens with zero attached hydrogens (tertiary/aromatic N) is 1. The van der Waals surface area contributed by atoms with Gasteiger partial charge in [0.05, 0.1) is 12.1 Å². The van der Waals surface area contributed by atoms with Crippen molar-refractivity contribution >= 4 is 27.7 Å². The van der Waals surface area contributed by atoms with Gasteiger partial charge in [0.2, 0.25) is 0 Å². The van der Waals surface area contributed by atoms with Crippen molar-refractivity contribution in [1.29, 1.82) is 5.41 Å². The van der Waals surface area contributed by atoms with Gasteiger partial charge in [0.1, 0.15) is 4.90 Å². The van der Waals surface area contributed by atoms with E-state index in [-0.39, 0.29) is 27.5 Å². The van der Waals surface area contributed by atoms with E-state index in [4.69, 9.17) is 31.7 Å². The molecule has 2 aromatic carbocycles. The molecule has 3 rings (SSSR count). The van der Waals surface area contributed by atoms with Crippen molar-refractivity contribution in [1.82, 2.24) is 4.90 Å². The van der Waals surface area contributed by atoms with Crippen molar-refractivity contribution in [3.63, 3.8) is 0 Å². The monoisotopic (exact) mass is 423 g/mol. The lowest BCUT2D eigenvalue weighted by molar-refractivity contribution is 0.297. The number of likely N-dealkylation sites (tertiary alicyclic amines) is 1. The molecule has 3 N–H and O–H groups in total. The number of nitrogens with one attached hydrogen (secondary N) is 1. The fraction of sp³-hybridized carbons (Fsp3) is 0.316. The fourth-order valence-electron chi connectivity index (χ4n) is 3.40. The first-order chi connectivity index (χ1) is 13.3. The molecule has 1 fully saturated rings. The molecular formula is C19H22ClN3O4S. The molecule has 0 aliphatic carbocycles. The van der Waals surface area contributed by atoms with Gasteiger partial charge in [0, 0.05) is 24.6 Å². The second-order valence-corrected chi connectivity index (χ2v) is 8.44. The van der Waals surface area contributed by atoms with Crippen LogP contribution in [0, 0.1) is 5.41 Å². The molecule has 1 unspecified atom stereocenters. The maximum atomic E-state index is 12.7. The van der Waals surface area contributed by atoms with E-state index in [1.165, 1.54) is 19.2 Å². The molecule has 0 amide bonds. The van der Waals surface area contributed by atoms with Crippen LogP contribution in [-0.4, -0.2) is 39.5 Å². The third-order valence-corrected chi connectivity index (χ3v) is 6.46. The van der Waals surface area contributed by atoms with Crippen LogP contribution >= 0.6 is 11.6 Å². The first-order valence-corrected chi connectivity index (χ1v) is 10.6. The van der Waals surface area contributed by atoms with Gasteiger partial charge in [-0.3, -0.25) is 5.41 Å². The average molecular weight is 424 g/mol. The number of rotatable bonds is 5. The Morgan fingerprint density at radius 3 is 2.68 bits per heavy atom. The zero-order valence-electron chi connectivity index (χ0n) is 15.4. The molecule has 1 aliphatic rings. The van der Waals surface area contributed by atoms with Gasteiger partial charge in [-0.1, -0.05) is 35.9 Å². The summed E-state index contributed by atoms with van der Waals surface area (Å²) in [6.07, 6.45) is 1.75. The third-order valence-electron chi connectivity index (χ3n) is 4.72. The van der Waals surface area contributed by atoms with Crippen LogP contribution in [0.4, 0.5) is 0 Å². The molecule has 28 heavy (non-hydrogen) atoms. The molecule has 7 nitrogen and oxygen atoms in total. The molecule has 2 aromatic rings. The Balaban J connectivity index is 1.94. The van der Waals surface area contributed by atoms with Gasteiger partial charge < -0.3 is 19.6 Å². The standard InChI is InChI=1S/C19H22ClN3O4S/c1-26-18-14(13-6-5-11-23(12-13)19(21)22)7-4-9-16(18)27-28(24,25)17-10-3-2-8-15(17)20/h2-4,7-10,13H,5-6,11-12H2,1H3,(H3,21,22). The molecule has 1 atom stereocenters. The van der Waals surface area contributed by atoms with Crippen LogP contribution in [0.2, 0.25) is 5.02 Å². The van der Waals surface area contributed by atoms with Gasteiger partial charge in [-0.2, -0.15) is 8.42 Å². The number of nitrogens with two attached hydrogens (primary N) is 1. The van der Waals surface area contributed by atoms with E-state index in [9.17, 15) is 8.42 Å². The number of ether oxygens (including phenoxy) is 1. The largest absolute Gasteiger partial charge is 0.492 e. The SMILES string of the molecule is COc1c(OS(=O)(=O)c2ccccc2Cl)cccc1C1CCCN(C(=N)N)C1. The Hall–Kier alpha value is -2.45. The van der Waals surface area contributed by atoms with Crippen LogP contribution < -0.4 is 14.7 Å². The lowest BCUT2D eigenvalue weighted by atomic mass is 9.90. The van der Waals surface area contributed by atoms with Gasteiger partial charge in [0.15, 0.2) is 17.5 Å². The first kappa shape index (κ1) is 20.3. The average Bonchev–Trinajstić information content (AvgIpc) is 2.67. The van der Waals surface area contributed by atoms with E-state index in [0.717, 1.165) is 24.9 Å². The van der Waals surface area contributed by atoms with E-state index in [2.05, 4.69) is 0 Å². The summed E-state index contributed by atoms with van der Waals surface area (Å²) in [5, 5.41) is 7.76. The zero-order chi connectivity index (χ0) is 20.3. The Morgan fingerprint density at radius 1 is 1.25 bits per heavy atom. The molecule has 150 valence electrons. The summed E-state index contributed by atoms with van der Waals surface area (Å²) in [6.45, 7) is 1.29. The summed E-state index contributed by atoms with van der Waals surface area (Å²) in [5.74, 6) is 0.518. The summed E-state index contributed by atoms with van der Waals surface area (Å²) in [5.41, 5.74) is 6.45. The Bertz CT molecular complexity index is 981. The van der Waals surface area contributed by atoms with Crippen LogP contribution in [0.5, 0.6) is 11.5 Å². The molecule has 0 bridgehead atoms. The van der Waals surface area contributed by atoms with Crippen LogP contribution in [0.25, 0.3) is 0 Å². The number of guanidine groups is 1. The first-order valence-electron chi connectivity index (χ1n) is 8.78. The smallest absolute Gasteiger partial charge is 0.340 e. The Kier molecular flexibility index (Phi) is 6.00. The normalized spacial score (nSPS) is 17.2. The Labute approximate surface area is 169 Å². The lowest BCUT2D eigenvalue weighted by Gasteiger charge is -2.33. The number of benzene rings is 2. The summed E-state index contributed by atoms with van der Waals surface area (Å²) >= 11 is 6.02. The zero-order valence-corrected chi connectivity index (χ0v) is 17.0. The van der Waals surface area contributed by atoms with E-state index in [0.29, 0.717) is 12.3 Å². The highest BCUT2D eigenvalue weighted by Crippen LogP contribution is 2.40. The van der Waals surface area contributed by atoms with Gasteiger partial charge in [-0.05, 0) is 31.0 Å². The van der Waals surface area contributed by atoms with E-state index in [1.807, 2.05) is 6.07 Å². The number of piperidine rings is 1. The number of hydrogen-bond donors (Lipinski definition) is 2. The predicted molar refractivity (Wildman–Crippen MR) is 108 cm³/mol. The second kappa shape index (κ2) is 8.28. The van der Waals surface area contributed by atoms with Gasteiger partial charge in [-0.25, -0.2) is 0 Å². The van der Waals surface area contributed by atoms with Crippen LogP contribution in [0.15, 0.2) is 47.4 Å². The van der Waals surface area contributed by atoms with Crippen molar-refractivity contribution < 1.29 is 17.3 Å². The molecule has 0 aromatic heterocycles. The summed E-state index contributed by atoms with van der Waals surface area (Å²) < 4.78 is 36.3. The molecule has 0 radical (unpaired) electrons. The summed E-state index contributed by atoms with van der Waals surface area (Å²) in [4.78, 5) is 1.69. The van der Waals surface area contributed by atoms with Crippen molar-refractivity contribution in [2.45, 2.75) is 23.7 Å². The van der Waals surface area contributed by atoms with Crippen molar-refractivity contribution in [3.05, 3.63) is 53.1 Å². The highest BCUT2D eigenvalue weighted by Gasteiger charge is 2.28. The van der Waals surface area contributed by atoms with Crippen LogP contribution in [-0.2, 0) is 10.1 Å². The van der Waals surface area contributed by atoms with E-state index < -0.39 is 10.1 Å². The molecule has 1 heterocycles. The van der Waals surface area contributed by atoms with Crippen molar-refractivity contribution in [3.8, 4) is 11.5 Å². The number of methoxy groups -OCH3 is 1. The number of halogens is 1. The van der Waals surface area contributed by atoms with E-state index >= 15 is 0 Å². The minimum Gasteiger partial charge on any atom is -0.492 e. The minimum absolute atomic E-state index is 0.0253. The topological polar surface area (TPSA) is 106 Å². The molecule has 1 aliphatic heterocycles. The molecule has 1 saturated heterocycles. The maximum absolute atomic E-state index is 12.7. The molecule has 0 saturated carbocycles. The second-order valence-electron chi connectivity index (χ2n) is 6.52. The lowest BCUT2D eigenvalue weighted by Crippen LogP contribution is -2.42. The maximum Gasteiger partial charge on any atom is 0.340 e. The third kappa shape index (κ3) is 4.18. The fourth-order valence-corrected chi connectivity index (χ4v) is 4.83. The Morgan fingerprint density at radius 2 is 2.00 bits per heavy atom. The van der Waals surface area contributed by atoms with Crippen LogP contribution in [0.1, 0.15) is 24.3 Å². The number of para-hydroxylation sites is 1. The predicted octanol–water partition coefficient (Wildman–Crippen LogP) is 3.19. The summed E-state index contributed by atoms with van der Waals surface area (Å²) in [6, 6.07) is 11.2. The van der Waals surface area contributed by atoms with E-state index in [1.54, 1.807) is 29.2 Å². The molecule has 9 heteroatoms. The van der Waals surface area contributed by atoms with Gasteiger partial charge in [0.25, 0.3) is 0 Å². The summed E-state index contributed by atoms with van der Waals surface area (Å²) in [7, 11) is -2.65. The quantitative estimate of drug-likeness (QED) is 0.434. The van der Waals surface area contributed by atoms with Gasteiger partial charge >= 0.3 is 10.1 Å². The molecule has 0 spiro atoms. The van der Waals surface area contributed by atoms with Crippen molar-refractivity contribution in [2.24, 2.45) is 5.73 Å².